The number of carbonyl (C=O) groups is 2. The molecule has 0 aliphatic rings. The summed E-state index contributed by atoms with van der Waals surface area (Å²) in [7, 11) is 0. The quantitative estimate of drug-likeness (QED) is 0.564. The van der Waals surface area contributed by atoms with Gasteiger partial charge < -0.3 is 14.8 Å². The van der Waals surface area contributed by atoms with Gasteiger partial charge >= 0.3 is 0 Å². The van der Waals surface area contributed by atoms with Gasteiger partial charge in [-0.25, -0.2) is 0 Å². The first-order valence-corrected chi connectivity index (χ1v) is 9.39. The van der Waals surface area contributed by atoms with Crippen molar-refractivity contribution in [1.29, 1.82) is 0 Å². The van der Waals surface area contributed by atoms with Gasteiger partial charge in [0.05, 0.1) is 0 Å². The fraction of sp³-hybridized carbons (Fsp3) is 0.167. The van der Waals surface area contributed by atoms with E-state index in [4.69, 9.17) is 9.47 Å². The molecule has 3 aromatic rings. The molecule has 0 radical (unpaired) electrons. The Kier molecular flexibility index (Phi) is 6.63. The lowest BCUT2D eigenvalue weighted by atomic mass is 10.1. The van der Waals surface area contributed by atoms with Crippen molar-refractivity contribution in [2.45, 2.75) is 26.5 Å². The topological polar surface area (TPSA) is 64.6 Å². The summed E-state index contributed by atoms with van der Waals surface area (Å²) in [4.78, 5) is 24.0. The minimum Gasteiger partial charge on any atom is -0.481 e. The molecule has 0 bridgehead atoms. The Bertz CT molecular complexity index is 985. The molecule has 29 heavy (non-hydrogen) atoms. The summed E-state index contributed by atoms with van der Waals surface area (Å²) in [5, 5.41) is 2.87. The highest BCUT2D eigenvalue weighted by Gasteiger charge is 2.16. The van der Waals surface area contributed by atoms with Crippen molar-refractivity contribution in [3.63, 3.8) is 0 Å². The maximum absolute atomic E-state index is 12.5. The SMILES string of the molecule is CC(=O)c1cccc(O[C@H](C)C(=O)NCc2ccccc2Oc2ccccc2)c1. The number of amides is 1. The molecule has 0 aromatic heterocycles. The molecule has 1 amide bonds. The molecular weight excluding hydrogens is 366 g/mol. The van der Waals surface area contributed by atoms with E-state index >= 15 is 0 Å². The number of ketones is 1. The first-order valence-electron chi connectivity index (χ1n) is 9.39. The molecule has 3 rings (SSSR count). The molecule has 0 unspecified atom stereocenters. The summed E-state index contributed by atoms with van der Waals surface area (Å²) < 4.78 is 11.6. The van der Waals surface area contributed by atoms with E-state index in [0.29, 0.717) is 23.6 Å². The van der Waals surface area contributed by atoms with Crippen LogP contribution in [0.1, 0.15) is 29.8 Å². The molecule has 5 nitrogen and oxygen atoms in total. The standard InChI is InChI=1S/C24H23NO4/c1-17(26)19-10-8-13-22(15-19)28-18(2)24(27)25-16-20-9-6-7-14-23(20)29-21-11-4-3-5-12-21/h3-15,18H,16H2,1-2H3,(H,25,27)/t18-/m1/s1. The molecular formula is C24H23NO4. The van der Waals surface area contributed by atoms with Gasteiger partial charge in [-0.15, -0.1) is 0 Å². The van der Waals surface area contributed by atoms with Crippen molar-refractivity contribution in [1.82, 2.24) is 5.32 Å². The largest absolute Gasteiger partial charge is 0.481 e. The molecule has 0 heterocycles. The van der Waals surface area contributed by atoms with Crippen LogP contribution in [-0.2, 0) is 11.3 Å². The van der Waals surface area contributed by atoms with Gasteiger partial charge in [0.2, 0.25) is 0 Å². The first-order chi connectivity index (χ1) is 14.0. The number of ether oxygens (including phenoxy) is 2. The van der Waals surface area contributed by atoms with Crippen LogP contribution in [0, 0.1) is 0 Å². The number of benzene rings is 3. The lowest BCUT2D eigenvalue weighted by molar-refractivity contribution is -0.127. The first kappa shape index (κ1) is 20.1. The number of carbonyl (C=O) groups excluding carboxylic acids is 2. The Hall–Kier alpha value is -3.60. The van der Waals surface area contributed by atoms with Crippen LogP contribution < -0.4 is 14.8 Å². The molecule has 5 heteroatoms. The van der Waals surface area contributed by atoms with E-state index < -0.39 is 6.10 Å². The summed E-state index contributed by atoms with van der Waals surface area (Å²) in [6, 6.07) is 23.8. The zero-order valence-electron chi connectivity index (χ0n) is 16.4. The molecule has 148 valence electrons. The van der Waals surface area contributed by atoms with E-state index in [1.807, 2.05) is 54.6 Å². The number of para-hydroxylation sites is 2. The predicted molar refractivity (Wildman–Crippen MR) is 111 cm³/mol. The van der Waals surface area contributed by atoms with Crippen molar-refractivity contribution < 1.29 is 19.1 Å². The minimum absolute atomic E-state index is 0.0532. The van der Waals surface area contributed by atoms with Crippen LogP contribution >= 0.6 is 0 Å². The van der Waals surface area contributed by atoms with Crippen molar-refractivity contribution in [3.05, 3.63) is 90.0 Å². The molecule has 0 aliphatic heterocycles. The lowest BCUT2D eigenvalue weighted by Gasteiger charge is -2.16. The van der Waals surface area contributed by atoms with Crippen molar-refractivity contribution in [3.8, 4) is 17.2 Å². The summed E-state index contributed by atoms with van der Waals surface area (Å²) >= 11 is 0. The number of Topliss-reactive ketones (excluding diaryl/α,β-unsaturated/α-hetero) is 1. The van der Waals surface area contributed by atoms with Gasteiger partial charge in [-0.1, -0.05) is 48.5 Å². The van der Waals surface area contributed by atoms with Gasteiger partial charge in [0, 0.05) is 17.7 Å². The monoisotopic (exact) mass is 389 g/mol. The van der Waals surface area contributed by atoms with Crippen LogP contribution in [0.3, 0.4) is 0 Å². The smallest absolute Gasteiger partial charge is 0.261 e. The van der Waals surface area contributed by atoms with Gasteiger partial charge in [-0.3, -0.25) is 9.59 Å². The molecule has 3 aromatic carbocycles. The average molecular weight is 389 g/mol. The van der Waals surface area contributed by atoms with Crippen molar-refractivity contribution >= 4 is 11.7 Å². The maximum atomic E-state index is 12.5. The van der Waals surface area contributed by atoms with E-state index in [9.17, 15) is 9.59 Å². The summed E-state index contributed by atoms with van der Waals surface area (Å²) in [5.74, 6) is 1.58. The summed E-state index contributed by atoms with van der Waals surface area (Å²) in [6.07, 6.45) is -0.709. The average Bonchev–Trinajstić information content (AvgIpc) is 2.73. The molecule has 0 fully saturated rings. The second-order valence-corrected chi connectivity index (χ2v) is 6.58. The Labute approximate surface area is 170 Å². The van der Waals surface area contributed by atoms with E-state index in [-0.39, 0.29) is 11.7 Å². The number of nitrogens with one attached hydrogen (secondary N) is 1. The Morgan fingerprint density at radius 3 is 2.34 bits per heavy atom. The van der Waals surface area contributed by atoms with Crippen LogP contribution in [-0.4, -0.2) is 17.8 Å². The van der Waals surface area contributed by atoms with Crippen LogP contribution in [0.2, 0.25) is 0 Å². The second-order valence-electron chi connectivity index (χ2n) is 6.58. The van der Waals surface area contributed by atoms with Gasteiger partial charge in [0.15, 0.2) is 11.9 Å². The molecule has 0 saturated carbocycles. The molecule has 1 atom stereocenters. The van der Waals surface area contributed by atoms with Crippen molar-refractivity contribution in [2.24, 2.45) is 0 Å². The van der Waals surface area contributed by atoms with Crippen LogP contribution in [0.25, 0.3) is 0 Å². The number of hydrogen-bond donors (Lipinski definition) is 1. The normalized spacial score (nSPS) is 11.4. The Morgan fingerprint density at radius 2 is 1.59 bits per heavy atom. The van der Waals surface area contributed by atoms with Gasteiger partial charge in [-0.2, -0.15) is 0 Å². The fourth-order valence-corrected chi connectivity index (χ4v) is 2.74. The van der Waals surface area contributed by atoms with Gasteiger partial charge in [0.1, 0.15) is 17.2 Å². The molecule has 1 N–H and O–H groups in total. The number of hydrogen-bond acceptors (Lipinski definition) is 4. The molecule has 0 aliphatic carbocycles. The third-order valence-electron chi connectivity index (χ3n) is 4.32. The maximum Gasteiger partial charge on any atom is 0.261 e. The fourth-order valence-electron chi connectivity index (χ4n) is 2.74. The highest BCUT2D eigenvalue weighted by molar-refractivity contribution is 5.94. The minimum atomic E-state index is -0.709. The highest BCUT2D eigenvalue weighted by Crippen LogP contribution is 2.25. The van der Waals surface area contributed by atoms with Crippen LogP contribution in [0.4, 0.5) is 0 Å². The van der Waals surface area contributed by atoms with E-state index in [1.165, 1.54) is 6.92 Å². The third-order valence-corrected chi connectivity index (χ3v) is 4.32. The zero-order valence-corrected chi connectivity index (χ0v) is 16.4. The summed E-state index contributed by atoms with van der Waals surface area (Å²) in [5.41, 5.74) is 1.40. The van der Waals surface area contributed by atoms with Crippen molar-refractivity contribution in [2.75, 3.05) is 0 Å². The zero-order chi connectivity index (χ0) is 20.6. The van der Waals surface area contributed by atoms with E-state index in [1.54, 1.807) is 31.2 Å². The van der Waals surface area contributed by atoms with Crippen LogP contribution in [0.5, 0.6) is 17.2 Å². The van der Waals surface area contributed by atoms with E-state index in [2.05, 4.69) is 5.32 Å². The summed E-state index contributed by atoms with van der Waals surface area (Å²) in [6.45, 7) is 3.47. The predicted octanol–water partition coefficient (Wildman–Crippen LogP) is 4.77. The Morgan fingerprint density at radius 1 is 0.897 bits per heavy atom. The van der Waals surface area contributed by atoms with Crippen LogP contribution in [0.15, 0.2) is 78.9 Å². The Balaban J connectivity index is 1.60. The second kappa shape index (κ2) is 9.55. The van der Waals surface area contributed by atoms with E-state index in [0.717, 1.165) is 11.3 Å². The van der Waals surface area contributed by atoms with Gasteiger partial charge in [-0.05, 0) is 44.2 Å². The highest BCUT2D eigenvalue weighted by atomic mass is 16.5. The van der Waals surface area contributed by atoms with Gasteiger partial charge in [0.25, 0.3) is 5.91 Å². The lowest BCUT2D eigenvalue weighted by Crippen LogP contribution is -2.36. The molecule has 0 saturated heterocycles. The third kappa shape index (κ3) is 5.69. The molecule has 0 spiro atoms. The number of rotatable bonds is 8.